The van der Waals surface area contributed by atoms with Crippen LogP contribution in [0.25, 0.3) is 0 Å². The Kier molecular flexibility index (Phi) is 5.25. The molecule has 1 aromatic rings. The van der Waals surface area contributed by atoms with Crippen molar-refractivity contribution in [1.82, 2.24) is 4.90 Å². The first-order valence-electron chi connectivity index (χ1n) is 5.37. The lowest BCUT2D eigenvalue weighted by Gasteiger charge is -2.27. The van der Waals surface area contributed by atoms with E-state index in [1.807, 2.05) is 18.2 Å². The molecule has 1 atom stereocenters. The Morgan fingerprint density at radius 3 is 2.69 bits per heavy atom. The molecular weight excluding hydrogens is 268 g/mol. The molecule has 0 saturated heterocycles. The topological polar surface area (TPSA) is 38.5 Å². The summed E-state index contributed by atoms with van der Waals surface area (Å²) in [5, 5.41) is 0. The highest BCUT2D eigenvalue weighted by Crippen LogP contribution is 2.29. The molecule has 1 rings (SSSR count). The second-order valence-corrected chi connectivity index (χ2v) is 4.57. The average Bonchev–Trinajstić information content (AvgIpc) is 2.32. The van der Waals surface area contributed by atoms with Gasteiger partial charge in [-0.25, -0.2) is 0 Å². The van der Waals surface area contributed by atoms with Gasteiger partial charge in [-0.15, -0.1) is 0 Å². The van der Waals surface area contributed by atoms with E-state index in [0.29, 0.717) is 6.54 Å². The van der Waals surface area contributed by atoms with Crippen LogP contribution < -0.4 is 10.5 Å². The van der Waals surface area contributed by atoms with Gasteiger partial charge in [0.2, 0.25) is 0 Å². The van der Waals surface area contributed by atoms with Crippen LogP contribution in [0, 0.1) is 0 Å². The van der Waals surface area contributed by atoms with E-state index in [0.717, 1.165) is 16.8 Å². The highest BCUT2D eigenvalue weighted by molar-refractivity contribution is 9.10. The first-order chi connectivity index (χ1) is 7.63. The first-order valence-corrected chi connectivity index (χ1v) is 6.17. The lowest BCUT2D eigenvalue weighted by atomic mass is 10.1. The van der Waals surface area contributed by atoms with E-state index in [9.17, 15) is 0 Å². The third-order valence-electron chi connectivity index (χ3n) is 2.82. The van der Waals surface area contributed by atoms with Gasteiger partial charge in [-0.3, -0.25) is 4.90 Å². The first kappa shape index (κ1) is 13.5. The summed E-state index contributed by atoms with van der Waals surface area (Å²) in [6.07, 6.45) is 0. The Hall–Kier alpha value is -0.580. The van der Waals surface area contributed by atoms with Gasteiger partial charge in [0.1, 0.15) is 5.75 Å². The van der Waals surface area contributed by atoms with Crippen LogP contribution in [0.1, 0.15) is 18.5 Å². The van der Waals surface area contributed by atoms with Gasteiger partial charge in [-0.05, 0) is 37.4 Å². The monoisotopic (exact) mass is 286 g/mol. The predicted molar refractivity (Wildman–Crippen MR) is 70.8 cm³/mol. The molecule has 0 aliphatic heterocycles. The van der Waals surface area contributed by atoms with Crippen LogP contribution in [-0.2, 0) is 0 Å². The Bertz CT molecular complexity index is 344. The summed E-state index contributed by atoms with van der Waals surface area (Å²) in [6, 6.07) is 6.19. The van der Waals surface area contributed by atoms with Crippen LogP contribution in [0.4, 0.5) is 0 Å². The Morgan fingerprint density at radius 1 is 1.50 bits per heavy atom. The van der Waals surface area contributed by atoms with E-state index in [2.05, 4.69) is 34.8 Å². The summed E-state index contributed by atoms with van der Waals surface area (Å²) in [5.41, 5.74) is 7.01. The predicted octanol–water partition coefficient (Wildman–Crippen LogP) is 2.41. The second kappa shape index (κ2) is 6.23. The van der Waals surface area contributed by atoms with Gasteiger partial charge in [0, 0.05) is 17.1 Å². The number of hydrogen-bond donors (Lipinski definition) is 1. The fraction of sp³-hybridized carbons (Fsp3) is 0.500. The van der Waals surface area contributed by atoms with Crippen molar-refractivity contribution in [2.45, 2.75) is 13.0 Å². The van der Waals surface area contributed by atoms with Crippen LogP contribution in [0.3, 0.4) is 0 Å². The van der Waals surface area contributed by atoms with Crippen molar-refractivity contribution in [2.24, 2.45) is 5.73 Å². The number of halogens is 1. The summed E-state index contributed by atoms with van der Waals surface area (Å²) in [6.45, 7) is 3.68. The van der Waals surface area contributed by atoms with Crippen molar-refractivity contribution in [2.75, 3.05) is 27.2 Å². The van der Waals surface area contributed by atoms with Gasteiger partial charge in [-0.2, -0.15) is 0 Å². The van der Waals surface area contributed by atoms with Crippen molar-refractivity contribution >= 4 is 15.9 Å². The number of nitrogens with zero attached hydrogens (tertiary/aromatic N) is 1. The summed E-state index contributed by atoms with van der Waals surface area (Å²) in [5.74, 6) is 0.862. The van der Waals surface area contributed by atoms with Crippen LogP contribution in [0.15, 0.2) is 22.7 Å². The molecular formula is C12H19BrN2O. The van der Waals surface area contributed by atoms with Gasteiger partial charge in [0.25, 0.3) is 0 Å². The zero-order valence-electron chi connectivity index (χ0n) is 10.0. The Morgan fingerprint density at radius 2 is 2.19 bits per heavy atom. The number of benzene rings is 1. The normalized spacial score (nSPS) is 12.9. The fourth-order valence-corrected chi connectivity index (χ4v) is 2.18. The van der Waals surface area contributed by atoms with E-state index >= 15 is 0 Å². The highest BCUT2D eigenvalue weighted by Gasteiger charge is 2.17. The van der Waals surface area contributed by atoms with E-state index in [1.54, 1.807) is 7.11 Å². The van der Waals surface area contributed by atoms with Gasteiger partial charge in [-0.1, -0.05) is 22.9 Å². The number of methoxy groups -OCH3 is 1. The summed E-state index contributed by atoms with van der Waals surface area (Å²) < 4.78 is 6.31. The zero-order valence-corrected chi connectivity index (χ0v) is 11.6. The Labute approximate surface area is 106 Å². The number of ether oxygens (including phenoxy) is 1. The van der Waals surface area contributed by atoms with Gasteiger partial charge < -0.3 is 10.5 Å². The van der Waals surface area contributed by atoms with Crippen LogP contribution in [-0.4, -0.2) is 32.1 Å². The standard InChI is InChI=1S/C12H19BrN2O/c1-4-15(2)12(8-14)10-7-9(16-3)5-6-11(10)13/h5-7,12H,4,8,14H2,1-3H3. The summed E-state index contributed by atoms with van der Waals surface area (Å²) in [4.78, 5) is 2.22. The van der Waals surface area contributed by atoms with Crippen molar-refractivity contribution in [3.8, 4) is 5.75 Å². The van der Waals surface area contributed by atoms with E-state index in [4.69, 9.17) is 10.5 Å². The molecule has 0 aromatic heterocycles. The molecule has 90 valence electrons. The van der Waals surface area contributed by atoms with Crippen molar-refractivity contribution in [3.05, 3.63) is 28.2 Å². The minimum Gasteiger partial charge on any atom is -0.497 e. The molecule has 0 heterocycles. The maximum Gasteiger partial charge on any atom is 0.119 e. The zero-order chi connectivity index (χ0) is 12.1. The molecule has 0 aliphatic rings. The maximum atomic E-state index is 5.84. The van der Waals surface area contributed by atoms with Gasteiger partial charge >= 0.3 is 0 Å². The molecule has 1 aromatic carbocycles. The van der Waals surface area contributed by atoms with E-state index in [1.165, 1.54) is 5.56 Å². The van der Waals surface area contributed by atoms with Crippen molar-refractivity contribution < 1.29 is 4.74 Å². The third kappa shape index (κ3) is 2.97. The van der Waals surface area contributed by atoms with Crippen LogP contribution in [0.5, 0.6) is 5.75 Å². The molecule has 2 N–H and O–H groups in total. The number of hydrogen-bond acceptors (Lipinski definition) is 3. The summed E-state index contributed by atoms with van der Waals surface area (Å²) >= 11 is 3.56. The largest absolute Gasteiger partial charge is 0.497 e. The smallest absolute Gasteiger partial charge is 0.119 e. The lowest BCUT2D eigenvalue weighted by molar-refractivity contribution is 0.262. The van der Waals surface area contributed by atoms with Crippen molar-refractivity contribution in [1.29, 1.82) is 0 Å². The molecule has 0 radical (unpaired) electrons. The number of rotatable bonds is 5. The van der Waals surface area contributed by atoms with Gasteiger partial charge in [0.15, 0.2) is 0 Å². The molecule has 0 saturated carbocycles. The molecule has 0 fully saturated rings. The SMILES string of the molecule is CCN(C)C(CN)c1cc(OC)ccc1Br. The van der Waals surface area contributed by atoms with Crippen LogP contribution in [0.2, 0.25) is 0 Å². The summed E-state index contributed by atoms with van der Waals surface area (Å²) in [7, 11) is 3.75. The molecule has 0 amide bonds. The second-order valence-electron chi connectivity index (χ2n) is 3.71. The maximum absolute atomic E-state index is 5.84. The van der Waals surface area contributed by atoms with E-state index < -0.39 is 0 Å². The molecule has 0 bridgehead atoms. The molecule has 0 spiro atoms. The molecule has 1 unspecified atom stereocenters. The molecule has 3 nitrogen and oxygen atoms in total. The van der Waals surface area contributed by atoms with E-state index in [-0.39, 0.29) is 6.04 Å². The lowest BCUT2D eigenvalue weighted by Crippen LogP contribution is -2.30. The minimum atomic E-state index is 0.217. The average molecular weight is 287 g/mol. The fourth-order valence-electron chi connectivity index (χ4n) is 1.67. The quantitative estimate of drug-likeness (QED) is 0.904. The Balaban J connectivity index is 3.07. The molecule has 4 heteroatoms. The molecule has 0 aliphatic carbocycles. The van der Waals surface area contributed by atoms with Gasteiger partial charge in [0.05, 0.1) is 7.11 Å². The molecule has 16 heavy (non-hydrogen) atoms. The van der Waals surface area contributed by atoms with Crippen molar-refractivity contribution in [3.63, 3.8) is 0 Å². The third-order valence-corrected chi connectivity index (χ3v) is 3.54. The number of nitrogens with two attached hydrogens (primary N) is 1. The minimum absolute atomic E-state index is 0.217. The highest BCUT2D eigenvalue weighted by atomic mass is 79.9. The van der Waals surface area contributed by atoms with Crippen LogP contribution >= 0.6 is 15.9 Å². The number of likely N-dealkylation sites (N-methyl/N-ethyl adjacent to an activating group) is 1.